The van der Waals surface area contributed by atoms with Crippen molar-refractivity contribution in [1.29, 1.82) is 0 Å². The van der Waals surface area contributed by atoms with Gasteiger partial charge < -0.3 is 20.8 Å². The number of aromatic nitrogens is 2. The predicted octanol–water partition coefficient (Wildman–Crippen LogP) is 0.485. The number of nitrogens with zero attached hydrogens (tertiary/aromatic N) is 1. The molecule has 6 heteroatoms. The lowest BCUT2D eigenvalue weighted by Gasteiger charge is -2.09. The Kier molecular flexibility index (Phi) is 3.75. The van der Waals surface area contributed by atoms with Crippen LogP contribution >= 0.6 is 0 Å². The number of rotatable bonds is 4. The Morgan fingerprint density at radius 1 is 1.10 bits per heavy atom. The number of H-pyrrole nitrogens is 1. The van der Waals surface area contributed by atoms with E-state index in [2.05, 4.69) is 9.97 Å². The highest BCUT2D eigenvalue weighted by Crippen LogP contribution is 2.17. The van der Waals surface area contributed by atoms with Crippen LogP contribution in [0.4, 0.5) is 0 Å². The highest BCUT2D eigenvalue weighted by atomic mass is 16.4. The third kappa shape index (κ3) is 2.97. The highest BCUT2D eigenvalue weighted by Gasteiger charge is 2.13. The second kappa shape index (κ2) is 5.69. The minimum atomic E-state index is -1.44. The van der Waals surface area contributed by atoms with E-state index >= 15 is 0 Å². The van der Waals surface area contributed by atoms with E-state index in [4.69, 9.17) is 15.8 Å². The van der Waals surface area contributed by atoms with Crippen LogP contribution in [0.5, 0.6) is 0 Å². The zero-order valence-corrected chi connectivity index (χ0v) is 11.4. The van der Waals surface area contributed by atoms with Gasteiger partial charge in [0.2, 0.25) is 0 Å². The molecule has 0 radical (unpaired) electrons. The molecule has 0 saturated carbocycles. The van der Waals surface area contributed by atoms with E-state index in [1.54, 1.807) is 12.1 Å². The lowest BCUT2D eigenvalue weighted by Crippen LogP contribution is -2.29. The van der Waals surface area contributed by atoms with Crippen LogP contribution in [-0.2, 0) is 6.42 Å². The minimum Gasteiger partial charge on any atom is -0.423 e. The Hall–Kier alpha value is -2.15. The molecule has 5 N–H and O–H groups in total. The Morgan fingerprint density at radius 3 is 2.48 bits per heavy atom. The first kappa shape index (κ1) is 13.8. The van der Waals surface area contributed by atoms with Crippen LogP contribution in [-0.4, -0.2) is 27.1 Å². The lowest BCUT2D eigenvalue weighted by atomic mass is 9.80. The molecule has 0 aliphatic rings. The summed E-state index contributed by atoms with van der Waals surface area (Å²) in [6, 6.07) is 14.6. The summed E-state index contributed by atoms with van der Waals surface area (Å²) >= 11 is 0. The van der Waals surface area contributed by atoms with E-state index < -0.39 is 7.12 Å². The summed E-state index contributed by atoms with van der Waals surface area (Å²) in [5.41, 5.74) is 9.56. The van der Waals surface area contributed by atoms with Gasteiger partial charge in [-0.05, 0) is 29.6 Å². The second-order valence-electron chi connectivity index (χ2n) is 5.07. The van der Waals surface area contributed by atoms with Crippen molar-refractivity contribution in [2.24, 2.45) is 5.73 Å². The number of imidazole rings is 1. The van der Waals surface area contributed by atoms with E-state index in [1.165, 1.54) is 0 Å². The smallest absolute Gasteiger partial charge is 0.423 e. The summed E-state index contributed by atoms with van der Waals surface area (Å²) in [5.74, 6) is 0.752. The van der Waals surface area contributed by atoms with Crippen molar-refractivity contribution in [3.63, 3.8) is 0 Å². The van der Waals surface area contributed by atoms with Crippen LogP contribution in [0.15, 0.2) is 48.5 Å². The first-order valence-electron chi connectivity index (χ1n) is 6.78. The van der Waals surface area contributed by atoms with Crippen molar-refractivity contribution in [3.8, 4) is 0 Å². The summed E-state index contributed by atoms with van der Waals surface area (Å²) in [7, 11) is -1.44. The van der Waals surface area contributed by atoms with Gasteiger partial charge in [-0.1, -0.05) is 36.4 Å². The van der Waals surface area contributed by atoms with Crippen LogP contribution in [0, 0.1) is 0 Å². The fraction of sp³-hybridized carbons (Fsp3) is 0.133. The molecule has 0 aliphatic heterocycles. The van der Waals surface area contributed by atoms with Gasteiger partial charge in [-0.25, -0.2) is 4.98 Å². The van der Waals surface area contributed by atoms with Gasteiger partial charge in [-0.15, -0.1) is 0 Å². The highest BCUT2D eigenvalue weighted by molar-refractivity contribution is 6.58. The molecule has 5 nitrogen and oxygen atoms in total. The molecule has 0 amide bonds. The standard InChI is InChI=1S/C15H16BN3O2/c17-12(9-10-5-7-11(8-6-10)16(20)21)15-18-13-3-1-2-4-14(13)19-15/h1-8,12,20-21H,9,17H2,(H,18,19). The molecule has 3 rings (SSSR count). The number of benzene rings is 2. The summed E-state index contributed by atoms with van der Waals surface area (Å²) < 4.78 is 0. The number of hydrogen-bond acceptors (Lipinski definition) is 4. The maximum absolute atomic E-state index is 9.07. The number of nitrogens with two attached hydrogens (primary N) is 1. The van der Waals surface area contributed by atoms with Gasteiger partial charge in [-0.2, -0.15) is 0 Å². The van der Waals surface area contributed by atoms with Crippen LogP contribution in [0.2, 0.25) is 0 Å². The number of aromatic amines is 1. The number of hydrogen-bond donors (Lipinski definition) is 4. The van der Waals surface area contributed by atoms with Gasteiger partial charge in [0.05, 0.1) is 17.1 Å². The zero-order valence-electron chi connectivity index (χ0n) is 11.4. The van der Waals surface area contributed by atoms with Gasteiger partial charge >= 0.3 is 7.12 Å². The van der Waals surface area contributed by atoms with E-state index in [9.17, 15) is 0 Å². The number of para-hydroxylation sites is 2. The molecule has 0 bridgehead atoms. The summed E-state index contributed by atoms with van der Waals surface area (Å²) in [6.07, 6.45) is 0.627. The van der Waals surface area contributed by atoms with E-state index in [0.717, 1.165) is 22.4 Å². The number of fused-ring (bicyclic) bond motifs is 1. The Balaban J connectivity index is 1.77. The summed E-state index contributed by atoms with van der Waals surface area (Å²) in [5, 5.41) is 18.1. The summed E-state index contributed by atoms with van der Waals surface area (Å²) in [4.78, 5) is 7.72. The van der Waals surface area contributed by atoms with Crippen molar-refractivity contribution in [2.75, 3.05) is 0 Å². The molecule has 0 fully saturated rings. The van der Waals surface area contributed by atoms with E-state index in [1.807, 2.05) is 36.4 Å². The zero-order chi connectivity index (χ0) is 14.8. The van der Waals surface area contributed by atoms with Gasteiger partial charge in [0, 0.05) is 0 Å². The van der Waals surface area contributed by atoms with Gasteiger partial charge in [0.1, 0.15) is 5.82 Å². The van der Waals surface area contributed by atoms with Gasteiger partial charge in [0.15, 0.2) is 0 Å². The molecule has 1 atom stereocenters. The quantitative estimate of drug-likeness (QED) is 0.523. The van der Waals surface area contributed by atoms with Crippen molar-refractivity contribution in [2.45, 2.75) is 12.5 Å². The van der Waals surface area contributed by atoms with Crippen LogP contribution < -0.4 is 11.2 Å². The van der Waals surface area contributed by atoms with Gasteiger partial charge in [-0.3, -0.25) is 0 Å². The average Bonchev–Trinajstić information content (AvgIpc) is 2.92. The first-order chi connectivity index (χ1) is 10.1. The topological polar surface area (TPSA) is 95.2 Å². The molecule has 2 aromatic carbocycles. The van der Waals surface area contributed by atoms with Crippen molar-refractivity contribution >= 4 is 23.6 Å². The van der Waals surface area contributed by atoms with E-state index in [0.29, 0.717) is 11.9 Å². The second-order valence-corrected chi connectivity index (χ2v) is 5.07. The minimum absolute atomic E-state index is 0.234. The Bertz CT molecular complexity index is 707. The van der Waals surface area contributed by atoms with Crippen LogP contribution in [0.25, 0.3) is 11.0 Å². The fourth-order valence-corrected chi connectivity index (χ4v) is 2.32. The largest absolute Gasteiger partial charge is 0.488 e. The molecule has 3 aromatic rings. The molecule has 21 heavy (non-hydrogen) atoms. The maximum Gasteiger partial charge on any atom is 0.488 e. The molecule has 0 aliphatic carbocycles. The van der Waals surface area contributed by atoms with Crippen LogP contribution in [0.3, 0.4) is 0 Å². The normalized spacial score (nSPS) is 12.5. The predicted molar refractivity (Wildman–Crippen MR) is 83.0 cm³/mol. The fourth-order valence-electron chi connectivity index (χ4n) is 2.32. The summed E-state index contributed by atoms with van der Waals surface area (Å²) in [6.45, 7) is 0. The van der Waals surface area contributed by atoms with Crippen molar-refractivity contribution in [3.05, 3.63) is 59.9 Å². The van der Waals surface area contributed by atoms with E-state index in [-0.39, 0.29) is 6.04 Å². The lowest BCUT2D eigenvalue weighted by molar-refractivity contribution is 0.426. The van der Waals surface area contributed by atoms with Gasteiger partial charge in [0.25, 0.3) is 0 Å². The van der Waals surface area contributed by atoms with Crippen LogP contribution in [0.1, 0.15) is 17.4 Å². The molecule has 106 valence electrons. The van der Waals surface area contributed by atoms with Crippen molar-refractivity contribution < 1.29 is 10.0 Å². The SMILES string of the molecule is NC(Cc1ccc(B(O)O)cc1)c1nc2ccccc2[nH]1. The average molecular weight is 281 g/mol. The number of nitrogens with one attached hydrogen (secondary N) is 1. The molecule has 0 spiro atoms. The molecular weight excluding hydrogens is 265 g/mol. The molecule has 1 unspecified atom stereocenters. The Morgan fingerprint density at radius 2 is 1.81 bits per heavy atom. The molecular formula is C15H16BN3O2. The first-order valence-corrected chi connectivity index (χ1v) is 6.78. The van der Waals surface area contributed by atoms with Crippen molar-refractivity contribution in [1.82, 2.24) is 9.97 Å². The third-order valence-corrected chi connectivity index (χ3v) is 3.49. The monoisotopic (exact) mass is 281 g/mol. The Labute approximate surface area is 122 Å². The molecule has 0 saturated heterocycles. The molecule has 1 heterocycles. The molecule has 1 aromatic heterocycles. The third-order valence-electron chi connectivity index (χ3n) is 3.49. The maximum atomic E-state index is 9.07.